The second-order valence-electron chi connectivity index (χ2n) is 3.53. The lowest BCUT2D eigenvalue weighted by Crippen LogP contribution is -2.07. The van der Waals surface area contributed by atoms with Gasteiger partial charge in [0.2, 0.25) is 0 Å². The Labute approximate surface area is 98.2 Å². The maximum atomic E-state index is 10.6. The molecular weight excluding hydrogens is 218 g/mol. The van der Waals surface area contributed by atoms with Gasteiger partial charge in [-0.25, -0.2) is 14.8 Å². The highest BCUT2D eigenvalue weighted by Gasteiger charge is 2.06. The molecule has 0 fully saturated rings. The summed E-state index contributed by atoms with van der Waals surface area (Å²) < 4.78 is 0. The van der Waals surface area contributed by atoms with Crippen molar-refractivity contribution in [2.45, 2.75) is 6.92 Å². The Kier molecular flexibility index (Phi) is 3.00. The summed E-state index contributed by atoms with van der Waals surface area (Å²) in [7, 11) is 0. The molecule has 1 aromatic carbocycles. The first kappa shape index (κ1) is 11.1. The second kappa shape index (κ2) is 4.61. The van der Waals surface area contributed by atoms with Crippen molar-refractivity contribution < 1.29 is 9.90 Å². The van der Waals surface area contributed by atoms with Crippen LogP contribution in [0.5, 0.6) is 0 Å². The molecule has 1 aromatic heterocycles. The smallest absolute Gasteiger partial charge is 0.409 e. The average molecular weight is 229 g/mol. The van der Waals surface area contributed by atoms with E-state index >= 15 is 0 Å². The van der Waals surface area contributed by atoms with Gasteiger partial charge in [-0.1, -0.05) is 6.07 Å². The topological polar surface area (TPSA) is 75.1 Å². The molecule has 17 heavy (non-hydrogen) atoms. The van der Waals surface area contributed by atoms with E-state index in [0.717, 1.165) is 11.1 Å². The number of nitrogens with zero attached hydrogens (tertiary/aromatic N) is 2. The second-order valence-corrected chi connectivity index (χ2v) is 3.53. The molecule has 0 radical (unpaired) electrons. The highest BCUT2D eigenvalue weighted by molar-refractivity contribution is 5.84. The molecule has 1 amide bonds. The Hall–Kier alpha value is -2.43. The number of benzene rings is 1. The summed E-state index contributed by atoms with van der Waals surface area (Å²) in [6, 6.07) is 6.99. The molecule has 2 rings (SSSR count). The Morgan fingerprint density at radius 3 is 2.65 bits per heavy atom. The lowest BCUT2D eigenvalue weighted by molar-refractivity contribution is 0.210. The minimum atomic E-state index is -1.09. The van der Waals surface area contributed by atoms with E-state index in [1.54, 1.807) is 30.6 Å². The third kappa shape index (κ3) is 2.57. The zero-order valence-electron chi connectivity index (χ0n) is 9.21. The van der Waals surface area contributed by atoms with Crippen molar-refractivity contribution >= 4 is 11.8 Å². The minimum absolute atomic E-state index is 0.505. The molecule has 1 heterocycles. The van der Waals surface area contributed by atoms with Gasteiger partial charge in [0.25, 0.3) is 0 Å². The lowest BCUT2D eigenvalue weighted by Gasteiger charge is -2.07. The molecule has 5 heteroatoms. The van der Waals surface area contributed by atoms with Crippen molar-refractivity contribution in [1.29, 1.82) is 0 Å². The van der Waals surface area contributed by atoms with E-state index in [4.69, 9.17) is 5.11 Å². The van der Waals surface area contributed by atoms with Crippen LogP contribution in [0, 0.1) is 6.92 Å². The molecule has 0 saturated carbocycles. The van der Waals surface area contributed by atoms with Gasteiger partial charge in [0.15, 0.2) is 5.82 Å². The zero-order valence-corrected chi connectivity index (χ0v) is 9.21. The Balaban J connectivity index is 2.43. The van der Waals surface area contributed by atoms with E-state index in [0.29, 0.717) is 11.5 Å². The summed E-state index contributed by atoms with van der Waals surface area (Å²) >= 11 is 0. The fourth-order valence-electron chi connectivity index (χ4n) is 1.50. The summed E-state index contributed by atoms with van der Waals surface area (Å²) in [6.07, 6.45) is 2.21. The summed E-state index contributed by atoms with van der Waals surface area (Å²) in [5.41, 5.74) is 2.31. The molecule has 0 aliphatic carbocycles. The number of amides is 1. The monoisotopic (exact) mass is 229 g/mol. The number of anilines is 1. The Bertz CT molecular complexity index is 541. The van der Waals surface area contributed by atoms with Gasteiger partial charge in [0, 0.05) is 23.6 Å². The zero-order chi connectivity index (χ0) is 12.3. The first-order chi connectivity index (χ1) is 8.16. The van der Waals surface area contributed by atoms with E-state index < -0.39 is 6.09 Å². The van der Waals surface area contributed by atoms with Crippen LogP contribution in [0.3, 0.4) is 0 Å². The average Bonchev–Trinajstić information content (AvgIpc) is 2.32. The van der Waals surface area contributed by atoms with Gasteiger partial charge in [-0.2, -0.15) is 0 Å². The van der Waals surface area contributed by atoms with Crippen molar-refractivity contribution in [3.8, 4) is 11.4 Å². The van der Waals surface area contributed by atoms with Crippen molar-refractivity contribution in [1.82, 2.24) is 9.97 Å². The fraction of sp³-hybridized carbons (Fsp3) is 0.0833. The third-order valence-corrected chi connectivity index (χ3v) is 2.30. The van der Waals surface area contributed by atoms with Crippen LogP contribution in [0.25, 0.3) is 11.4 Å². The normalized spacial score (nSPS) is 9.94. The first-order valence-electron chi connectivity index (χ1n) is 5.05. The Morgan fingerprint density at radius 2 is 2.00 bits per heavy atom. The van der Waals surface area contributed by atoms with Gasteiger partial charge in [-0.05, 0) is 30.7 Å². The molecule has 0 spiro atoms. The van der Waals surface area contributed by atoms with Crippen LogP contribution in [-0.2, 0) is 0 Å². The molecule has 5 nitrogen and oxygen atoms in total. The van der Waals surface area contributed by atoms with Crippen LogP contribution < -0.4 is 5.32 Å². The van der Waals surface area contributed by atoms with E-state index in [-0.39, 0.29) is 0 Å². The van der Waals surface area contributed by atoms with E-state index in [9.17, 15) is 4.79 Å². The van der Waals surface area contributed by atoms with Crippen molar-refractivity contribution in [3.05, 3.63) is 42.2 Å². The molecule has 0 aliphatic heterocycles. The third-order valence-electron chi connectivity index (χ3n) is 2.30. The molecule has 86 valence electrons. The number of hydrogen-bond donors (Lipinski definition) is 2. The SMILES string of the molecule is Cc1ccc(NC(=O)O)cc1-c1ncccn1. The van der Waals surface area contributed by atoms with Gasteiger partial charge in [0.05, 0.1) is 0 Å². The minimum Gasteiger partial charge on any atom is -0.465 e. The fourth-order valence-corrected chi connectivity index (χ4v) is 1.50. The van der Waals surface area contributed by atoms with E-state index in [1.807, 2.05) is 13.0 Å². The van der Waals surface area contributed by atoms with Crippen LogP contribution >= 0.6 is 0 Å². The van der Waals surface area contributed by atoms with Gasteiger partial charge in [-0.15, -0.1) is 0 Å². The standard InChI is InChI=1S/C12H11N3O2/c1-8-3-4-9(15-12(16)17)7-10(8)11-13-5-2-6-14-11/h2-7,15H,1H3,(H,16,17). The maximum absolute atomic E-state index is 10.6. The molecular formula is C12H11N3O2. The molecule has 0 atom stereocenters. The summed E-state index contributed by atoms with van der Waals surface area (Å²) in [5, 5.41) is 11.0. The number of hydrogen-bond acceptors (Lipinski definition) is 3. The number of carbonyl (C=O) groups is 1. The molecule has 0 aliphatic rings. The number of aromatic nitrogens is 2. The summed E-state index contributed by atoms with van der Waals surface area (Å²) in [6.45, 7) is 1.93. The molecule has 0 unspecified atom stereocenters. The largest absolute Gasteiger partial charge is 0.465 e. The molecule has 0 bridgehead atoms. The van der Waals surface area contributed by atoms with E-state index in [1.165, 1.54) is 0 Å². The van der Waals surface area contributed by atoms with Crippen molar-refractivity contribution in [2.75, 3.05) is 5.32 Å². The maximum Gasteiger partial charge on any atom is 0.409 e. The van der Waals surface area contributed by atoms with Crippen molar-refractivity contribution in [3.63, 3.8) is 0 Å². The van der Waals surface area contributed by atoms with Crippen LogP contribution in [-0.4, -0.2) is 21.2 Å². The number of aryl methyl sites for hydroxylation is 1. The van der Waals surface area contributed by atoms with Gasteiger partial charge >= 0.3 is 6.09 Å². The first-order valence-corrected chi connectivity index (χ1v) is 5.05. The predicted octanol–water partition coefficient (Wildman–Crippen LogP) is 2.54. The highest BCUT2D eigenvalue weighted by Crippen LogP contribution is 2.23. The van der Waals surface area contributed by atoms with Crippen LogP contribution in [0.15, 0.2) is 36.7 Å². The highest BCUT2D eigenvalue weighted by atomic mass is 16.4. The van der Waals surface area contributed by atoms with E-state index in [2.05, 4.69) is 15.3 Å². The van der Waals surface area contributed by atoms with Gasteiger partial charge < -0.3 is 5.11 Å². The molecule has 2 N–H and O–H groups in total. The van der Waals surface area contributed by atoms with Crippen molar-refractivity contribution in [2.24, 2.45) is 0 Å². The van der Waals surface area contributed by atoms with Crippen LogP contribution in [0.1, 0.15) is 5.56 Å². The number of carboxylic acid groups (broad SMARTS) is 1. The van der Waals surface area contributed by atoms with Crippen LogP contribution in [0.4, 0.5) is 10.5 Å². The lowest BCUT2D eigenvalue weighted by atomic mass is 10.1. The van der Waals surface area contributed by atoms with Gasteiger partial charge in [0.1, 0.15) is 0 Å². The summed E-state index contributed by atoms with van der Waals surface area (Å²) in [5.74, 6) is 0.582. The Morgan fingerprint density at radius 1 is 1.29 bits per heavy atom. The van der Waals surface area contributed by atoms with Gasteiger partial charge in [-0.3, -0.25) is 5.32 Å². The molecule has 2 aromatic rings. The predicted molar refractivity (Wildman–Crippen MR) is 63.9 cm³/mol. The number of rotatable bonds is 2. The quantitative estimate of drug-likeness (QED) is 0.829. The number of nitrogens with one attached hydrogen (secondary N) is 1. The summed E-state index contributed by atoms with van der Waals surface area (Å²) in [4.78, 5) is 18.8. The van der Waals surface area contributed by atoms with Crippen LogP contribution in [0.2, 0.25) is 0 Å². The molecule has 0 saturated heterocycles.